The molecule has 0 radical (unpaired) electrons. The number of hydrogen-bond donors (Lipinski definition) is 1. The van der Waals surface area contributed by atoms with Gasteiger partial charge in [0, 0.05) is 18.4 Å². The van der Waals surface area contributed by atoms with Crippen LogP contribution in [0.5, 0.6) is 5.75 Å². The predicted octanol–water partition coefficient (Wildman–Crippen LogP) is 2.00. The van der Waals surface area contributed by atoms with Crippen molar-refractivity contribution in [1.82, 2.24) is 0 Å². The molecule has 1 aromatic rings. The smallest absolute Gasteiger partial charge is 0.123 e. The highest BCUT2D eigenvalue weighted by molar-refractivity contribution is 5.44. The van der Waals surface area contributed by atoms with Gasteiger partial charge in [0.05, 0.1) is 0 Å². The molecule has 1 fully saturated rings. The highest BCUT2D eigenvalue weighted by Gasteiger charge is 2.43. The Morgan fingerprint density at radius 3 is 2.93 bits per heavy atom. The van der Waals surface area contributed by atoms with Crippen LogP contribution in [0.4, 0.5) is 0 Å². The van der Waals surface area contributed by atoms with Crippen molar-refractivity contribution in [2.24, 2.45) is 5.73 Å². The Hall–Kier alpha value is -1.02. The molecule has 15 heavy (non-hydrogen) atoms. The van der Waals surface area contributed by atoms with Gasteiger partial charge in [-0.2, -0.15) is 0 Å². The summed E-state index contributed by atoms with van der Waals surface area (Å²) >= 11 is 0. The molecule has 3 rings (SSSR count). The van der Waals surface area contributed by atoms with Crippen molar-refractivity contribution in [3.63, 3.8) is 0 Å². The first-order valence-corrected chi connectivity index (χ1v) is 5.74. The lowest BCUT2D eigenvalue weighted by Gasteiger charge is -2.13. The normalized spacial score (nSPS) is 25.9. The van der Waals surface area contributed by atoms with Crippen molar-refractivity contribution in [1.29, 1.82) is 0 Å². The third-order valence-corrected chi connectivity index (χ3v) is 3.75. The first-order chi connectivity index (χ1) is 7.23. The lowest BCUT2D eigenvalue weighted by atomic mass is 9.93. The van der Waals surface area contributed by atoms with E-state index in [9.17, 15) is 0 Å². The molecule has 0 saturated heterocycles. The second-order valence-corrected chi connectivity index (χ2v) is 4.94. The van der Waals surface area contributed by atoms with Crippen LogP contribution < -0.4 is 10.5 Å². The molecule has 0 aromatic heterocycles. The van der Waals surface area contributed by atoms with E-state index in [4.69, 9.17) is 10.5 Å². The van der Waals surface area contributed by atoms with Gasteiger partial charge in [0.1, 0.15) is 11.9 Å². The zero-order valence-electron chi connectivity index (χ0n) is 9.12. The number of nitrogens with two attached hydrogens (primary N) is 1. The Morgan fingerprint density at radius 2 is 2.27 bits per heavy atom. The zero-order valence-corrected chi connectivity index (χ0v) is 9.12. The molecule has 0 amide bonds. The fraction of sp³-hybridized carbons (Fsp3) is 0.538. The van der Waals surface area contributed by atoms with Crippen LogP contribution in [-0.4, -0.2) is 12.6 Å². The van der Waals surface area contributed by atoms with Crippen LogP contribution in [0.2, 0.25) is 0 Å². The molecule has 0 spiro atoms. The minimum absolute atomic E-state index is 0.306. The molecule has 1 heterocycles. The largest absolute Gasteiger partial charge is 0.490 e. The van der Waals surface area contributed by atoms with Gasteiger partial charge in [-0.05, 0) is 37.0 Å². The van der Waals surface area contributed by atoms with Crippen molar-refractivity contribution in [2.45, 2.75) is 37.7 Å². The van der Waals surface area contributed by atoms with Crippen LogP contribution in [0.15, 0.2) is 18.2 Å². The molecule has 1 atom stereocenters. The lowest BCUT2D eigenvalue weighted by molar-refractivity contribution is 0.254. The van der Waals surface area contributed by atoms with Crippen molar-refractivity contribution in [3.05, 3.63) is 29.3 Å². The van der Waals surface area contributed by atoms with Crippen LogP contribution >= 0.6 is 0 Å². The van der Waals surface area contributed by atoms with Gasteiger partial charge < -0.3 is 10.5 Å². The Labute approximate surface area is 90.4 Å². The molecule has 1 aliphatic carbocycles. The van der Waals surface area contributed by atoms with E-state index >= 15 is 0 Å². The summed E-state index contributed by atoms with van der Waals surface area (Å²) in [7, 11) is 0. The summed E-state index contributed by atoms with van der Waals surface area (Å²) in [6, 6.07) is 6.61. The van der Waals surface area contributed by atoms with E-state index in [-0.39, 0.29) is 0 Å². The first kappa shape index (κ1) is 9.22. The molecule has 1 aliphatic heterocycles. The van der Waals surface area contributed by atoms with Crippen molar-refractivity contribution < 1.29 is 4.74 Å². The highest BCUT2D eigenvalue weighted by atomic mass is 16.5. The third kappa shape index (κ3) is 1.36. The fourth-order valence-electron chi connectivity index (χ4n) is 2.51. The lowest BCUT2D eigenvalue weighted by Crippen LogP contribution is -2.19. The van der Waals surface area contributed by atoms with E-state index in [0.717, 1.165) is 18.7 Å². The summed E-state index contributed by atoms with van der Waals surface area (Å²) in [6.07, 6.45) is 3.88. The van der Waals surface area contributed by atoms with Gasteiger partial charge >= 0.3 is 0 Å². The van der Waals surface area contributed by atoms with Crippen molar-refractivity contribution in [3.8, 4) is 5.75 Å². The number of hydrogen-bond acceptors (Lipinski definition) is 2. The van der Waals surface area contributed by atoms with E-state index < -0.39 is 0 Å². The number of ether oxygens (including phenoxy) is 1. The maximum Gasteiger partial charge on any atom is 0.123 e. The number of benzene rings is 1. The molecule has 2 heteroatoms. The van der Waals surface area contributed by atoms with E-state index in [2.05, 4.69) is 25.1 Å². The third-order valence-electron chi connectivity index (χ3n) is 3.75. The second-order valence-electron chi connectivity index (χ2n) is 4.94. The van der Waals surface area contributed by atoms with Gasteiger partial charge in [-0.1, -0.05) is 12.1 Å². The summed E-state index contributed by atoms with van der Waals surface area (Å²) < 4.78 is 5.70. The summed E-state index contributed by atoms with van der Waals surface area (Å²) in [5.74, 6) is 1.07. The molecule has 2 N–H and O–H groups in total. The van der Waals surface area contributed by atoms with Crippen molar-refractivity contribution >= 4 is 0 Å². The maximum absolute atomic E-state index is 5.84. The Balaban J connectivity index is 1.97. The quantitative estimate of drug-likeness (QED) is 0.798. The van der Waals surface area contributed by atoms with Crippen LogP contribution in [0, 0.1) is 0 Å². The fourth-order valence-corrected chi connectivity index (χ4v) is 2.51. The first-order valence-electron chi connectivity index (χ1n) is 5.74. The average Bonchev–Trinajstić information content (AvgIpc) is 2.94. The number of rotatable bonds is 2. The molecule has 2 nitrogen and oxygen atoms in total. The van der Waals surface area contributed by atoms with E-state index in [1.54, 1.807) is 0 Å². The van der Waals surface area contributed by atoms with Gasteiger partial charge in [-0.3, -0.25) is 0 Å². The average molecular weight is 203 g/mol. The Kier molecular flexibility index (Phi) is 1.84. The molecular weight excluding hydrogens is 186 g/mol. The van der Waals surface area contributed by atoms with Gasteiger partial charge in [-0.25, -0.2) is 0 Å². The van der Waals surface area contributed by atoms with Gasteiger partial charge in [-0.15, -0.1) is 0 Å². The maximum atomic E-state index is 5.84. The Morgan fingerprint density at radius 1 is 1.47 bits per heavy atom. The molecule has 1 saturated carbocycles. The van der Waals surface area contributed by atoms with E-state index in [1.807, 2.05) is 0 Å². The molecule has 2 aliphatic rings. The molecule has 1 aromatic carbocycles. The monoisotopic (exact) mass is 203 g/mol. The number of fused-ring (bicyclic) bond motifs is 1. The highest BCUT2D eigenvalue weighted by Crippen LogP contribution is 2.48. The SMILES string of the molecule is CC1Cc2cc(C3(CN)CC3)ccc2O1. The van der Waals surface area contributed by atoms with Crippen molar-refractivity contribution in [2.75, 3.05) is 6.54 Å². The predicted molar refractivity (Wildman–Crippen MR) is 60.2 cm³/mol. The van der Waals surface area contributed by atoms with Crippen LogP contribution in [-0.2, 0) is 11.8 Å². The topological polar surface area (TPSA) is 35.2 Å². The molecular formula is C13H17NO. The van der Waals surface area contributed by atoms with Gasteiger partial charge in [0.25, 0.3) is 0 Å². The van der Waals surface area contributed by atoms with Crippen LogP contribution in [0.3, 0.4) is 0 Å². The summed E-state index contributed by atoms with van der Waals surface area (Å²) in [6.45, 7) is 2.90. The van der Waals surface area contributed by atoms with E-state index in [0.29, 0.717) is 11.5 Å². The minimum Gasteiger partial charge on any atom is -0.490 e. The zero-order chi connectivity index (χ0) is 10.5. The molecule has 1 unspecified atom stereocenters. The second kappa shape index (κ2) is 2.99. The Bertz CT molecular complexity index is 396. The van der Waals surface area contributed by atoms with Crippen LogP contribution in [0.1, 0.15) is 30.9 Å². The molecule has 80 valence electrons. The standard InChI is InChI=1S/C13H17NO/c1-9-6-10-7-11(2-3-12(10)15-9)13(8-14)4-5-13/h2-3,7,9H,4-6,8,14H2,1H3. The summed E-state index contributed by atoms with van der Waals surface area (Å²) in [5.41, 5.74) is 8.93. The van der Waals surface area contributed by atoms with Gasteiger partial charge in [0.15, 0.2) is 0 Å². The summed E-state index contributed by atoms with van der Waals surface area (Å²) in [4.78, 5) is 0. The minimum atomic E-state index is 0.306. The van der Waals surface area contributed by atoms with E-state index in [1.165, 1.54) is 24.0 Å². The summed E-state index contributed by atoms with van der Waals surface area (Å²) in [5, 5.41) is 0. The van der Waals surface area contributed by atoms with Crippen LogP contribution in [0.25, 0.3) is 0 Å². The van der Waals surface area contributed by atoms with Gasteiger partial charge in [0.2, 0.25) is 0 Å². The molecule has 0 bridgehead atoms.